The molecule has 168 valence electrons. The Labute approximate surface area is 196 Å². The van der Waals surface area contributed by atoms with Crippen molar-refractivity contribution < 1.29 is 9.53 Å². The fraction of sp³-hybridized carbons (Fsp3) is 0.241. The van der Waals surface area contributed by atoms with Crippen LogP contribution in [-0.2, 0) is 11.2 Å². The van der Waals surface area contributed by atoms with Crippen molar-refractivity contribution in [2.45, 2.75) is 41.0 Å². The van der Waals surface area contributed by atoms with Gasteiger partial charge in [0.25, 0.3) is 5.91 Å². The molecule has 0 fully saturated rings. The maximum atomic E-state index is 12.8. The highest BCUT2D eigenvalue weighted by Crippen LogP contribution is 2.26. The summed E-state index contributed by atoms with van der Waals surface area (Å²) in [5.41, 5.74) is 8.32. The molecular weight excluding hydrogens is 408 g/mol. The summed E-state index contributed by atoms with van der Waals surface area (Å²) in [5, 5.41) is 12.5. The van der Waals surface area contributed by atoms with Gasteiger partial charge in [-0.2, -0.15) is 5.26 Å². The number of aryl methyl sites for hydroxylation is 3. The molecule has 0 aliphatic carbocycles. The van der Waals surface area contributed by atoms with Gasteiger partial charge in [0.1, 0.15) is 17.4 Å². The van der Waals surface area contributed by atoms with Crippen LogP contribution >= 0.6 is 0 Å². The van der Waals surface area contributed by atoms with Crippen molar-refractivity contribution in [3.05, 3.63) is 99.1 Å². The number of nitrogens with zero attached hydrogens (tertiary/aromatic N) is 1. The topological polar surface area (TPSA) is 62.1 Å². The van der Waals surface area contributed by atoms with Crippen molar-refractivity contribution in [3.8, 4) is 11.8 Å². The molecule has 0 heterocycles. The van der Waals surface area contributed by atoms with E-state index < -0.39 is 5.91 Å². The van der Waals surface area contributed by atoms with Crippen LogP contribution in [0.1, 0.15) is 45.9 Å². The van der Waals surface area contributed by atoms with Gasteiger partial charge in [0, 0.05) is 12.1 Å². The average Bonchev–Trinajstić information content (AvgIpc) is 2.76. The molecule has 0 saturated heterocycles. The van der Waals surface area contributed by atoms with E-state index in [0.29, 0.717) is 12.3 Å². The molecule has 0 bridgehead atoms. The van der Waals surface area contributed by atoms with Crippen molar-refractivity contribution in [2.24, 2.45) is 0 Å². The molecule has 0 spiro atoms. The number of amides is 1. The average molecular weight is 439 g/mol. The summed E-state index contributed by atoms with van der Waals surface area (Å²) in [7, 11) is 0. The number of hydrogen-bond donors (Lipinski definition) is 1. The third kappa shape index (κ3) is 6.11. The number of rotatable bonds is 7. The summed E-state index contributed by atoms with van der Waals surface area (Å²) in [5.74, 6) is 0.334. The van der Waals surface area contributed by atoms with Gasteiger partial charge in [0.05, 0.1) is 6.61 Å². The Morgan fingerprint density at radius 1 is 1.03 bits per heavy atom. The van der Waals surface area contributed by atoms with E-state index in [2.05, 4.69) is 37.4 Å². The first-order chi connectivity index (χ1) is 15.8. The Hall–Kier alpha value is -3.84. The summed E-state index contributed by atoms with van der Waals surface area (Å²) >= 11 is 0. The number of carbonyl (C=O) groups excluding carboxylic acids is 1. The van der Waals surface area contributed by atoms with E-state index in [1.54, 1.807) is 6.08 Å². The van der Waals surface area contributed by atoms with Crippen LogP contribution in [0.4, 0.5) is 5.69 Å². The van der Waals surface area contributed by atoms with E-state index in [0.717, 1.165) is 34.4 Å². The smallest absolute Gasteiger partial charge is 0.266 e. The molecule has 0 aliphatic rings. The molecule has 3 rings (SSSR count). The van der Waals surface area contributed by atoms with Crippen molar-refractivity contribution in [1.29, 1.82) is 5.26 Å². The largest absolute Gasteiger partial charge is 0.494 e. The highest BCUT2D eigenvalue weighted by Gasteiger charge is 2.13. The van der Waals surface area contributed by atoms with E-state index in [1.807, 2.05) is 63.2 Å². The van der Waals surface area contributed by atoms with Crippen LogP contribution in [0.2, 0.25) is 0 Å². The minimum Gasteiger partial charge on any atom is -0.494 e. The summed E-state index contributed by atoms with van der Waals surface area (Å²) < 4.78 is 5.90. The molecule has 0 saturated carbocycles. The van der Waals surface area contributed by atoms with Gasteiger partial charge in [-0.15, -0.1) is 0 Å². The number of benzene rings is 3. The quantitative estimate of drug-likeness (QED) is 0.340. The molecule has 4 nitrogen and oxygen atoms in total. The van der Waals surface area contributed by atoms with Crippen molar-refractivity contribution >= 4 is 17.7 Å². The fourth-order valence-electron chi connectivity index (χ4n) is 3.88. The summed E-state index contributed by atoms with van der Waals surface area (Å²) in [6, 6.07) is 20.1. The number of ether oxygens (including phenoxy) is 1. The Kier molecular flexibility index (Phi) is 7.69. The number of nitriles is 1. The lowest BCUT2D eigenvalue weighted by atomic mass is 9.98. The van der Waals surface area contributed by atoms with Crippen molar-refractivity contribution in [2.75, 3.05) is 11.9 Å². The summed E-state index contributed by atoms with van der Waals surface area (Å²) in [6.07, 6.45) is 2.35. The van der Waals surface area contributed by atoms with Gasteiger partial charge in [0.15, 0.2) is 0 Å². The highest BCUT2D eigenvalue weighted by molar-refractivity contribution is 6.10. The second-order valence-corrected chi connectivity index (χ2v) is 8.34. The van der Waals surface area contributed by atoms with Crippen molar-refractivity contribution in [1.82, 2.24) is 0 Å². The van der Waals surface area contributed by atoms with Crippen molar-refractivity contribution in [3.63, 3.8) is 0 Å². The normalized spacial score (nSPS) is 11.1. The third-order valence-electron chi connectivity index (χ3n) is 5.60. The Morgan fingerprint density at radius 2 is 1.76 bits per heavy atom. The first-order valence-electron chi connectivity index (χ1n) is 11.1. The van der Waals surface area contributed by atoms with Crippen LogP contribution in [0.25, 0.3) is 6.08 Å². The molecule has 3 aromatic rings. The predicted molar refractivity (Wildman–Crippen MR) is 134 cm³/mol. The standard InChI is InChI=1S/C29H30N2O2/c1-6-33-28-17-23(10-11-25(28)16-24-13-19(2)12-20(3)14-24)15-26(18-30)29(32)31-27-9-7-8-21(4)22(27)5/h7-15,17H,6,16H2,1-5H3,(H,31,32)/b26-15+. The lowest BCUT2D eigenvalue weighted by Crippen LogP contribution is -2.14. The molecule has 1 amide bonds. The van der Waals surface area contributed by atoms with Gasteiger partial charge < -0.3 is 10.1 Å². The number of carbonyl (C=O) groups is 1. The lowest BCUT2D eigenvalue weighted by Gasteiger charge is -2.13. The monoisotopic (exact) mass is 438 g/mol. The first kappa shape index (κ1) is 23.8. The molecule has 0 radical (unpaired) electrons. The first-order valence-corrected chi connectivity index (χ1v) is 11.1. The molecule has 0 unspecified atom stereocenters. The van der Waals surface area contributed by atoms with Gasteiger partial charge in [-0.1, -0.05) is 53.6 Å². The third-order valence-corrected chi connectivity index (χ3v) is 5.60. The second-order valence-electron chi connectivity index (χ2n) is 8.34. The van der Waals surface area contributed by atoms with Gasteiger partial charge in [-0.25, -0.2) is 0 Å². The molecular formula is C29H30N2O2. The molecule has 33 heavy (non-hydrogen) atoms. The zero-order valence-electron chi connectivity index (χ0n) is 20.0. The molecule has 1 N–H and O–H groups in total. The van der Waals surface area contributed by atoms with Crippen LogP contribution in [0.5, 0.6) is 5.75 Å². The second kappa shape index (κ2) is 10.7. The fourth-order valence-corrected chi connectivity index (χ4v) is 3.88. The molecule has 0 atom stereocenters. The lowest BCUT2D eigenvalue weighted by molar-refractivity contribution is -0.112. The van der Waals surface area contributed by atoms with E-state index in [1.165, 1.54) is 16.7 Å². The SMILES string of the molecule is CCOc1cc(/C=C(\C#N)C(=O)Nc2cccc(C)c2C)ccc1Cc1cc(C)cc(C)c1. The van der Waals surface area contributed by atoms with Crippen LogP contribution < -0.4 is 10.1 Å². The summed E-state index contributed by atoms with van der Waals surface area (Å²) in [4.78, 5) is 12.8. The highest BCUT2D eigenvalue weighted by atomic mass is 16.5. The predicted octanol–water partition coefficient (Wildman–Crippen LogP) is 6.46. The van der Waals surface area contributed by atoms with E-state index >= 15 is 0 Å². The summed E-state index contributed by atoms with van der Waals surface area (Å²) in [6.45, 7) is 10.6. The Morgan fingerprint density at radius 3 is 2.42 bits per heavy atom. The van der Waals surface area contributed by atoms with Gasteiger partial charge in [-0.05, 0) is 80.6 Å². The van der Waals surface area contributed by atoms with E-state index in [4.69, 9.17) is 4.74 Å². The van der Waals surface area contributed by atoms with Gasteiger partial charge >= 0.3 is 0 Å². The van der Waals surface area contributed by atoms with Crippen LogP contribution in [0.15, 0.2) is 60.2 Å². The van der Waals surface area contributed by atoms with Crippen LogP contribution in [-0.4, -0.2) is 12.5 Å². The minimum atomic E-state index is -0.427. The number of anilines is 1. The number of nitrogens with one attached hydrogen (secondary N) is 1. The Bertz CT molecular complexity index is 1230. The minimum absolute atomic E-state index is 0.0420. The molecule has 0 aromatic heterocycles. The van der Waals surface area contributed by atoms with Gasteiger partial charge in [0.2, 0.25) is 0 Å². The van der Waals surface area contributed by atoms with Crippen LogP contribution in [0.3, 0.4) is 0 Å². The number of hydrogen-bond acceptors (Lipinski definition) is 3. The molecule has 0 aliphatic heterocycles. The van der Waals surface area contributed by atoms with Crippen LogP contribution in [0, 0.1) is 39.0 Å². The van der Waals surface area contributed by atoms with Gasteiger partial charge in [-0.3, -0.25) is 4.79 Å². The zero-order valence-corrected chi connectivity index (χ0v) is 20.0. The van der Waals surface area contributed by atoms with E-state index in [-0.39, 0.29) is 5.57 Å². The maximum Gasteiger partial charge on any atom is 0.266 e. The maximum absolute atomic E-state index is 12.8. The molecule has 3 aromatic carbocycles. The molecule has 4 heteroatoms. The Balaban J connectivity index is 1.88. The van der Waals surface area contributed by atoms with E-state index in [9.17, 15) is 10.1 Å². The zero-order chi connectivity index (χ0) is 24.0.